The molecule has 0 amide bonds. The lowest BCUT2D eigenvalue weighted by atomic mass is 9.86. The van der Waals surface area contributed by atoms with Crippen molar-refractivity contribution in [2.24, 2.45) is 11.8 Å². The van der Waals surface area contributed by atoms with Crippen LogP contribution in [0.2, 0.25) is 0 Å². The molecule has 0 aliphatic heterocycles. The Balaban J connectivity index is 4.17. The van der Waals surface area contributed by atoms with Crippen LogP contribution in [0.5, 0.6) is 0 Å². The largest absolute Gasteiger partial charge is 0.379 e. The molecule has 1 unspecified atom stereocenters. The predicted octanol–water partition coefficient (Wildman–Crippen LogP) is 3.85. The van der Waals surface area contributed by atoms with Gasteiger partial charge in [0, 0.05) is 12.6 Å². The van der Waals surface area contributed by atoms with Crippen LogP contribution in [-0.4, -0.2) is 24.8 Å². The maximum Gasteiger partial charge on any atom is 0.0622 e. The van der Waals surface area contributed by atoms with Gasteiger partial charge in [0.2, 0.25) is 0 Å². The van der Waals surface area contributed by atoms with Gasteiger partial charge in [0.1, 0.15) is 0 Å². The van der Waals surface area contributed by atoms with Gasteiger partial charge in [-0.1, -0.05) is 13.8 Å². The van der Waals surface area contributed by atoms with Crippen LogP contribution in [0.4, 0.5) is 0 Å². The molecule has 0 spiro atoms. The number of hydrogen-bond donors (Lipinski definition) is 1. The molecule has 2 heteroatoms. The molecule has 0 aromatic rings. The Morgan fingerprint density at radius 1 is 1.06 bits per heavy atom. The highest BCUT2D eigenvalue weighted by molar-refractivity contribution is 4.77. The summed E-state index contributed by atoms with van der Waals surface area (Å²) in [4.78, 5) is 0. The fourth-order valence-electron chi connectivity index (χ4n) is 1.74. The van der Waals surface area contributed by atoms with Crippen molar-refractivity contribution in [3.63, 3.8) is 0 Å². The minimum absolute atomic E-state index is 0.00880. The van der Waals surface area contributed by atoms with E-state index in [4.69, 9.17) is 4.74 Å². The third-order valence-corrected chi connectivity index (χ3v) is 3.51. The van der Waals surface area contributed by atoms with Gasteiger partial charge in [-0.15, -0.1) is 0 Å². The maximum atomic E-state index is 5.49. The van der Waals surface area contributed by atoms with E-state index in [0.717, 1.165) is 24.8 Å². The zero-order valence-electron chi connectivity index (χ0n) is 13.2. The second kappa shape index (κ2) is 6.75. The molecule has 0 bridgehead atoms. The third kappa shape index (κ3) is 8.62. The molecule has 0 aliphatic carbocycles. The number of rotatable bonds is 7. The molecule has 17 heavy (non-hydrogen) atoms. The lowest BCUT2D eigenvalue weighted by Crippen LogP contribution is -2.40. The van der Waals surface area contributed by atoms with Gasteiger partial charge in [-0.05, 0) is 65.8 Å². The summed E-state index contributed by atoms with van der Waals surface area (Å²) in [6.45, 7) is 16.7. The molecule has 1 N–H and O–H groups in total. The van der Waals surface area contributed by atoms with Crippen molar-refractivity contribution < 1.29 is 4.74 Å². The van der Waals surface area contributed by atoms with Crippen molar-refractivity contribution >= 4 is 0 Å². The lowest BCUT2D eigenvalue weighted by molar-refractivity contribution is 0.00860. The first-order valence-electron chi connectivity index (χ1n) is 6.87. The van der Waals surface area contributed by atoms with E-state index in [1.54, 1.807) is 7.11 Å². The predicted molar refractivity (Wildman–Crippen MR) is 76.4 cm³/mol. The molecule has 0 fully saturated rings. The zero-order valence-corrected chi connectivity index (χ0v) is 13.2. The van der Waals surface area contributed by atoms with E-state index in [1.807, 2.05) is 0 Å². The summed E-state index contributed by atoms with van der Waals surface area (Å²) in [5.74, 6) is 1.45. The number of methoxy groups -OCH3 is 1. The van der Waals surface area contributed by atoms with Gasteiger partial charge in [0.15, 0.2) is 0 Å². The number of ether oxygens (including phenoxy) is 1. The minimum atomic E-state index is 0.00880. The topological polar surface area (TPSA) is 21.3 Å². The summed E-state index contributed by atoms with van der Waals surface area (Å²) in [5.41, 5.74) is 0.221. The van der Waals surface area contributed by atoms with Gasteiger partial charge in [0.25, 0.3) is 0 Å². The molecule has 0 saturated carbocycles. The van der Waals surface area contributed by atoms with Gasteiger partial charge < -0.3 is 10.1 Å². The number of nitrogens with one attached hydrogen (secondary N) is 1. The second-order valence-corrected chi connectivity index (χ2v) is 7.14. The van der Waals surface area contributed by atoms with E-state index < -0.39 is 0 Å². The van der Waals surface area contributed by atoms with Crippen LogP contribution in [0.25, 0.3) is 0 Å². The monoisotopic (exact) mass is 243 g/mol. The Morgan fingerprint density at radius 3 is 1.94 bits per heavy atom. The molecule has 0 radical (unpaired) electrons. The van der Waals surface area contributed by atoms with E-state index >= 15 is 0 Å². The van der Waals surface area contributed by atoms with Crippen molar-refractivity contribution in [1.29, 1.82) is 0 Å². The Hall–Kier alpha value is -0.0800. The van der Waals surface area contributed by atoms with Crippen molar-refractivity contribution in [3.05, 3.63) is 0 Å². The number of hydrogen-bond acceptors (Lipinski definition) is 2. The summed E-state index contributed by atoms with van der Waals surface area (Å²) in [5, 5.41) is 3.62. The van der Waals surface area contributed by atoms with Crippen LogP contribution in [0, 0.1) is 11.8 Å². The fraction of sp³-hybridized carbons (Fsp3) is 1.00. The molecule has 0 aromatic heterocycles. The highest BCUT2D eigenvalue weighted by atomic mass is 16.5. The molecule has 104 valence electrons. The Morgan fingerprint density at radius 2 is 1.59 bits per heavy atom. The quantitative estimate of drug-likeness (QED) is 0.733. The molecule has 0 heterocycles. The molecule has 0 aliphatic rings. The fourth-order valence-corrected chi connectivity index (χ4v) is 1.74. The molecule has 0 rings (SSSR count). The van der Waals surface area contributed by atoms with Crippen LogP contribution in [0.1, 0.15) is 61.3 Å². The van der Waals surface area contributed by atoms with Crippen molar-refractivity contribution in [2.45, 2.75) is 72.4 Å². The first-order valence-corrected chi connectivity index (χ1v) is 6.87. The summed E-state index contributed by atoms with van der Waals surface area (Å²) in [6, 6.07) is 0. The normalized spacial score (nSPS) is 15.4. The van der Waals surface area contributed by atoms with E-state index in [9.17, 15) is 0 Å². The average Bonchev–Trinajstić information content (AvgIpc) is 2.15. The van der Waals surface area contributed by atoms with Crippen LogP contribution >= 0.6 is 0 Å². The van der Waals surface area contributed by atoms with E-state index in [1.165, 1.54) is 6.42 Å². The Labute approximate surface area is 109 Å². The highest BCUT2D eigenvalue weighted by Crippen LogP contribution is 2.24. The van der Waals surface area contributed by atoms with Gasteiger partial charge in [0.05, 0.1) is 5.60 Å². The van der Waals surface area contributed by atoms with Crippen LogP contribution < -0.4 is 5.32 Å². The first kappa shape index (κ1) is 16.9. The lowest BCUT2D eigenvalue weighted by Gasteiger charge is -2.30. The standard InChI is InChI=1S/C15H33NO/c1-12(2)13(11-16-14(3,4)5)9-10-15(6,7)17-8/h12-13,16H,9-11H2,1-8H3. The maximum absolute atomic E-state index is 5.49. The molecule has 0 saturated heterocycles. The van der Waals surface area contributed by atoms with Gasteiger partial charge in [-0.3, -0.25) is 0 Å². The smallest absolute Gasteiger partial charge is 0.0622 e. The van der Waals surface area contributed by atoms with Crippen LogP contribution in [0.15, 0.2) is 0 Å². The SMILES string of the molecule is COC(C)(C)CCC(CNC(C)(C)C)C(C)C. The van der Waals surface area contributed by atoms with E-state index in [-0.39, 0.29) is 11.1 Å². The van der Waals surface area contributed by atoms with Gasteiger partial charge in [-0.2, -0.15) is 0 Å². The van der Waals surface area contributed by atoms with E-state index in [0.29, 0.717) is 0 Å². The summed E-state index contributed by atoms with van der Waals surface area (Å²) in [6.07, 6.45) is 2.35. The molecule has 1 atom stereocenters. The van der Waals surface area contributed by atoms with Crippen LogP contribution in [-0.2, 0) is 4.74 Å². The zero-order chi connectivity index (χ0) is 13.7. The third-order valence-electron chi connectivity index (χ3n) is 3.51. The highest BCUT2D eigenvalue weighted by Gasteiger charge is 2.22. The second-order valence-electron chi connectivity index (χ2n) is 7.14. The van der Waals surface area contributed by atoms with Gasteiger partial charge >= 0.3 is 0 Å². The summed E-state index contributed by atoms with van der Waals surface area (Å²) in [7, 11) is 1.80. The van der Waals surface area contributed by atoms with Crippen LogP contribution in [0.3, 0.4) is 0 Å². The van der Waals surface area contributed by atoms with E-state index in [2.05, 4.69) is 53.8 Å². The summed E-state index contributed by atoms with van der Waals surface area (Å²) < 4.78 is 5.49. The Kier molecular flexibility index (Phi) is 6.71. The molecule has 0 aromatic carbocycles. The summed E-state index contributed by atoms with van der Waals surface area (Å²) >= 11 is 0. The minimum Gasteiger partial charge on any atom is -0.379 e. The van der Waals surface area contributed by atoms with Gasteiger partial charge in [-0.25, -0.2) is 0 Å². The van der Waals surface area contributed by atoms with Crippen molar-refractivity contribution in [3.8, 4) is 0 Å². The molecule has 2 nitrogen and oxygen atoms in total. The van der Waals surface area contributed by atoms with Crippen molar-refractivity contribution in [1.82, 2.24) is 5.32 Å². The average molecular weight is 243 g/mol. The molecular formula is C15H33NO. The van der Waals surface area contributed by atoms with Crippen molar-refractivity contribution in [2.75, 3.05) is 13.7 Å². The Bertz CT molecular complexity index is 203. The molecular weight excluding hydrogens is 210 g/mol. The first-order chi connectivity index (χ1) is 7.57.